The van der Waals surface area contributed by atoms with Crippen LogP contribution in [0.1, 0.15) is 18.3 Å². The monoisotopic (exact) mass is 397 g/mol. The van der Waals surface area contributed by atoms with E-state index in [1.54, 1.807) is 13.2 Å². The zero-order valence-corrected chi connectivity index (χ0v) is 15.4. The second-order valence-electron chi connectivity index (χ2n) is 5.24. The van der Waals surface area contributed by atoms with Crippen LogP contribution in [0.5, 0.6) is 11.5 Å². The zero-order valence-electron chi connectivity index (χ0n) is 13.8. The second-order valence-corrected chi connectivity index (χ2v) is 6.09. The molecule has 1 heterocycles. The summed E-state index contributed by atoms with van der Waals surface area (Å²) in [6.45, 7) is 2.45. The van der Waals surface area contributed by atoms with Crippen molar-refractivity contribution in [2.45, 2.75) is 6.92 Å². The highest BCUT2D eigenvalue weighted by molar-refractivity contribution is 9.10. The van der Waals surface area contributed by atoms with E-state index in [1.807, 2.05) is 43.3 Å². The van der Waals surface area contributed by atoms with Crippen LogP contribution in [-0.2, 0) is 0 Å². The molecule has 0 saturated heterocycles. The van der Waals surface area contributed by atoms with Gasteiger partial charge in [-0.3, -0.25) is 0 Å². The molecule has 0 aliphatic rings. The molecule has 0 fully saturated rings. The van der Waals surface area contributed by atoms with E-state index in [0.29, 0.717) is 29.5 Å². The number of aromatic amines is 1. The molecule has 0 bridgehead atoms. The van der Waals surface area contributed by atoms with E-state index in [2.05, 4.69) is 32.0 Å². The Labute approximate surface area is 154 Å². The highest BCUT2D eigenvalue weighted by Gasteiger charge is 2.12. The van der Waals surface area contributed by atoms with Crippen molar-refractivity contribution in [3.8, 4) is 17.6 Å². The maximum absolute atomic E-state index is 9.55. The lowest BCUT2D eigenvalue weighted by molar-refractivity contribution is 0.309. The second kappa shape index (κ2) is 7.41. The molecule has 0 unspecified atom stereocenters. The van der Waals surface area contributed by atoms with Gasteiger partial charge in [0.2, 0.25) is 0 Å². The van der Waals surface area contributed by atoms with Gasteiger partial charge in [0, 0.05) is 0 Å². The van der Waals surface area contributed by atoms with Crippen LogP contribution in [0, 0.1) is 11.3 Å². The van der Waals surface area contributed by atoms with Crippen molar-refractivity contribution in [1.82, 2.24) is 9.97 Å². The number of nitrogens with zero attached hydrogens (tertiary/aromatic N) is 2. The molecule has 25 heavy (non-hydrogen) atoms. The summed E-state index contributed by atoms with van der Waals surface area (Å²) in [5.41, 5.74) is 2.96. The number of H-pyrrole nitrogens is 1. The lowest BCUT2D eigenvalue weighted by atomic mass is 10.1. The Hall–Kier alpha value is -2.78. The number of para-hydroxylation sites is 2. The van der Waals surface area contributed by atoms with E-state index in [0.717, 1.165) is 21.1 Å². The average molecular weight is 398 g/mol. The Morgan fingerprint density at radius 2 is 2.16 bits per heavy atom. The Bertz CT molecular complexity index is 953. The molecule has 0 saturated carbocycles. The first-order valence-corrected chi connectivity index (χ1v) is 8.52. The van der Waals surface area contributed by atoms with Gasteiger partial charge in [-0.05, 0) is 58.8 Å². The Morgan fingerprint density at radius 3 is 2.84 bits per heavy atom. The van der Waals surface area contributed by atoms with Crippen molar-refractivity contribution >= 4 is 38.6 Å². The van der Waals surface area contributed by atoms with Crippen molar-refractivity contribution in [3.05, 3.63) is 52.3 Å². The van der Waals surface area contributed by atoms with Crippen LogP contribution in [-0.4, -0.2) is 23.7 Å². The molecular formula is C19H16BrN3O2. The summed E-state index contributed by atoms with van der Waals surface area (Å²) >= 11 is 3.50. The molecule has 3 aromatic rings. The third-order valence-corrected chi connectivity index (χ3v) is 4.21. The number of hydrogen-bond donors (Lipinski definition) is 1. The van der Waals surface area contributed by atoms with E-state index in [9.17, 15) is 5.26 Å². The molecule has 6 heteroatoms. The number of rotatable bonds is 5. The molecule has 5 nitrogen and oxygen atoms in total. The van der Waals surface area contributed by atoms with E-state index < -0.39 is 0 Å². The molecule has 126 valence electrons. The van der Waals surface area contributed by atoms with Crippen LogP contribution < -0.4 is 9.47 Å². The lowest BCUT2D eigenvalue weighted by Crippen LogP contribution is -1.97. The summed E-state index contributed by atoms with van der Waals surface area (Å²) in [4.78, 5) is 7.65. The van der Waals surface area contributed by atoms with Crippen molar-refractivity contribution < 1.29 is 9.47 Å². The van der Waals surface area contributed by atoms with Gasteiger partial charge in [-0.15, -0.1) is 0 Å². The van der Waals surface area contributed by atoms with Gasteiger partial charge in [0.15, 0.2) is 11.5 Å². The summed E-state index contributed by atoms with van der Waals surface area (Å²) in [5, 5.41) is 9.55. The number of aromatic nitrogens is 2. The average Bonchev–Trinajstić information content (AvgIpc) is 3.05. The van der Waals surface area contributed by atoms with E-state index in [4.69, 9.17) is 9.47 Å². The maximum atomic E-state index is 9.55. The smallest absolute Gasteiger partial charge is 0.175 e. The third kappa shape index (κ3) is 3.52. The molecule has 0 amide bonds. The van der Waals surface area contributed by atoms with Crippen LogP contribution >= 0.6 is 15.9 Å². The van der Waals surface area contributed by atoms with Crippen LogP contribution in [0.2, 0.25) is 0 Å². The van der Waals surface area contributed by atoms with Gasteiger partial charge in [0.05, 0.1) is 34.8 Å². The quantitative estimate of drug-likeness (QED) is 0.627. The van der Waals surface area contributed by atoms with Gasteiger partial charge >= 0.3 is 0 Å². The standard InChI is InChI=1S/C19H16BrN3O2/c1-3-25-18-14(20)9-12(10-17(18)24-2)8-13(11-21)19-22-15-6-4-5-7-16(15)23-19/h4-10H,3H2,1-2H3,(H,22,23)/b13-8-. The topological polar surface area (TPSA) is 70.9 Å². The minimum absolute atomic E-state index is 0.439. The zero-order chi connectivity index (χ0) is 17.8. The van der Waals surface area contributed by atoms with Crippen LogP contribution in [0.4, 0.5) is 0 Å². The number of allylic oxidation sites excluding steroid dienone is 1. The van der Waals surface area contributed by atoms with Crippen molar-refractivity contribution in [3.63, 3.8) is 0 Å². The number of methoxy groups -OCH3 is 1. The van der Waals surface area contributed by atoms with Gasteiger partial charge in [0.1, 0.15) is 11.9 Å². The molecular weight excluding hydrogens is 382 g/mol. The molecule has 2 aromatic carbocycles. The SMILES string of the molecule is CCOc1c(Br)cc(/C=C(/C#N)c2nc3ccccc3[nH]2)cc1OC. The van der Waals surface area contributed by atoms with Gasteiger partial charge in [-0.1, -0.05) is 12.1 Å². The molecule has 0 spiro atoms. The van der Waals surface area contributed by atoms with Crippen molar-refractivity contribution in [1.29, 1.82) is 5.26 Å². The number of nitrogens with one attached hydrogen (secondary N) is 1. The Morgan fingerprint density at radius 1 is 1.36 bits per heavy atom. The highest BCUT2D eigenvalue weighted by Crippen LogP contribution is 2.37. The fraction of sp³-hybridized carbons (Fsp3) is 0.158. The fourth-order valence-corrected chi connectivity index (χ4v) is 3.08. The number of benzene rings is 2. The Kier molecular flexibility index (Phi) is 5.05. The number of hydrogen-bond acceptors (Lipinski definition) is 4. The first kappa shape index (κ1) is 17.1. The summed E-state index contributed by atoms with van der Waals surface area (Å²) in [6.07, 6.45) is 1.76. The van der Waals surface area contributed by atoms with Crippen LogP contribution in [0.25, 0.3) is 22.7 Å². The maximum Gasteiger partial charge on any atom is 0.175 e. The number of imidazole rings is 1. The van der Waals surface area contributed by atoms with Crippen LogP contribution in [0.3, 0.4) is 0 Å². The predicted octanol–water partition coefficient (Wildman–Crippen LogP) is 4.80. The molecule has 0 radical (unpaired) electrons. The highest BCUT2D eigenvalue weighted by atomic mass is 79.9. The van der Waals surface area contributed by atoms with E-state index >= 15 is 0 Å². The lowest BCUT2D eigenvalue weighted by Gasteiger charge is -2.12. The normalized spacial score (nSPS) is 11.4. The minimum Gasteiger partial charge on any atom is -0.493 e. The van der Waals surface area contributed by atoms with Gasteiger partial charge < -0.3 is 14.5 Å². The summed E-state index contributed by atoms with van der Waals surface area (Å²) in [5.74, 6) is 1.78. The van der Waals surface area contributed by atoms with Crippen molar-refractivity contribution in [2.24, 2.45) is 0 Å². The number of halogens is 1. The Balaban J connectivity index is 2.05. The largest absolute Gasteiger partial charge is 0.493 e. The number of ether oxygens (including phenoxy) is 2. The summed E-state index contributed by atoms with van der Waals surface area (Å²) < 4.78 is 11.8. The van der Waals surface area contributed by atoms with Crippen LogP contribution in [0.15, 0.2) is 40.9 Å². The third-order valence-electron chi connectivity index (χ3n) is 3.62. The molecule has 1 aromatic heterocycles. The van der Waals surface area contributed by atoms with E-state index in [1.165, 1.54) is 0 Å². The molecule has 0 aliphatic carbocycles. The van der Waals surface area contributed by atoms with Crippen molar-refractivity contribution in [2.75, 3.05) is 13.7 Å². The first-order chi connectivity index (χ1) is 12.2. The molecule has 1 N–H and O–H groups in total. The fourth-order valence-electron chi connectivity index (χ4n) is 2.51. The molecule has 0 aliphatic heterocycles. The summed E-state index contributed by atoms with van der Waals surface area (Å²) in [6, 6.07) is 13.6. The predicted molar refractivity (Wildman–Crippen MR) is 101 cm³/mol. The number of fused-ring (bicyclic) bond motifs is 1. The van der Waals surface area contributed by atoms with E-state index in [-0.39, 0.29) is 0 Å². The minimum atomic E-state index is 0.439. The summed E-state index contributed by atoms with van der Waals surface area (Å²) in [7, 11) is 1.59. The van der Waals surface area contributed by atoms with Gasteiger partial charge in [-0.2, -0.15) is 5.26 Å². The van der Waals surface area contributed by atoms with Gasteiger partial charge in [-0.25, -0.2) is 4.98 Å². The van der Waals surface area contributed by atoms with Gasteiger partial charge in [0.25, 0.3) is 0 Å². The molecule has 3 rings (SSSR count). The number of nitriles is 1. The first-order valence-electron chi connectivity index (χ1n) is 7.73. The molecule has 0 atom stereocenters.